The highest BCUT2D eigenvalue weighted by atomic mass is 79.9. The van der Waals surface area contributed by atoms with Gasteiger partial charge in [-0.05, 0) is 69.1 Å². The molecule has 0 fully saturated rings. The van der Waals surface area contributed by atoms with Crippen molar-refractivity contribution in [2.24, 2.45) is 0 Å². The third-order valence-electron chi connectivity index (χ3n) is 4.03. The Kier molecular flexibility index (Phi) is 8.46. The highest BCUT2D eigenvalue weighted by Gasteiger charge is 2.16. The third kappa shape index (κ3) is 8.03. The minimum Gasteiger partial charge on any atom is -0.493 e. The number of carbonyl (C=O) groups is 1. The van der Waals surface area contributed by atoms with Crippen molar-refractivity contribution < 1.29 is 18.7 Å². The summed E-state index contributed by atoms with van der Waals surface area (Å²) in [5.41, 5.74) is 1.77. The molecule has 0 aromatic heterocycles. The van der Waals surface area contributed by atoms with Gasteiger partial charge in [-0.2, -0.15) is 0 Å². The van der Waals surface area contributed by atoms with E-state index >= 15 is 0 Å². The number of hydrogen-bond acceptors (Lipinski definition) is 4. The van der Waals surface area contributed by atoms with Crippen LogP contribution in [0.15, 0.2) is 40.9 Å². The minimum atomic E-state index is -0.311. The van der Waals surface area contributed by atoms with Gasteiger partial charge in [-0.1, -0.05) is 28.1 Å². The van der Waals surface area contributed by atoms with Crippen LogP contribution in [0, 0.1) is 5.82 Å². The number of halogens is 2. The average molecular weight is 467 g/mol. The molecule has 0 aliphatic heterocycles. The number of amides is 1. The van der Waals surface area contributed by atoms with Gasteiger partial charge in [0.05, 0.1) is 7.11 Å². The summed E-state index contributed by atoms with van der Waals surface area (Å²) in [7, 11) is 1.57. The molecule has 0 unspecified atom stereocenters. The number of rotatable bonds is 9. The Morgan fingerprint density at radius 3 is 2.45 bits per heavy atom. The lowest BCUT2D eigenvalue weighted by Gasteiger charge is -2.21. The SMILES string of the molecule is COc1cc(CNCCc2ccc(F)cc2)c(Br)cc1OCC(=O)NC(C)(C)C. The number of nitrogens with one attached hydrogen (secondary N) is 2. The summed E-state index contributed by atoms with van der Waals surface area (Å²) in [4.78, 5) is 12.0. The maximum Gasteiger partial charge on any atom is 0.258 e. The molecule has 0 saturated carbocycles. The van der Waals surface area contributed by atoms with E-state index in [0.717, 1.165) is 28.6 Å². The summed E-state index contributed by atoms with van der Waals surface area (Å²) >= 11 is 3.55. The van der Waals surface area contributed by atoms with Gasteiger partial charge in [0.2, 0.25) is 0 Å². The monoisotopic (exact) mass is 466 g/mol. The van der Waals surface area contributed by atoms with Crippen LogP contribution in [0.5, 0.6) is 11.5 Å². The Hall–Kier alpha value is -2.12. The van der Waals surface area contributed by atoms with Gasteiger partial charge in [0.25, 0.3) is 5.91 Å². The Balaban J connectivity index is 1.91. The standard InChI is InChI=1S/C22H28BrFN2O3/c1-22(2,3)26-21(27)14-29-20-12-18(23)16(11-19(20)28-4)13-25-10-9-15-5-7-17(24)8-6-15/h5-8,11-12,25H,9-10,13-14H2,1-4H3,(H,26,27). The molecular formula is C22H28BrFN2O3. The Morgan fingerprint density at radius 2 is 1.83 bits per heavy atom. The first-order valence-electron chi connectivity index (χ1n) is 9.43. The van der Waals surface area contributed by atoms with Gasteiger partial charge < -0.3 is 20.1 Å². The highest BCUT2D eigenvalue weighted by Crippen LogP contribution is 2.33. The van der Waals surface area contributed by atoms with Crippen molar-refractivity contribution in [2.75, 3.05) is 20.3 Å². The number of hydrogen-bond donors (Lipinski definition) is 2. The van der Waals surface area contributed by atoms with Crippen molar-refractivity contribution in [1.82, 2.24) is 10.6 Å². The number of benzene rings is 2. The second kappa shape index (κ2) is 10.6. The van der Waals surface area contributed by atoms with E-state index in [1.165, 1.54) is 12.1 Å². The van der Waals surface area contributed by atoms with Crippen LogP contribution in [0.25, 0.3) is 0 Å². The molecule has 0 atom stereocenters. The smallest absolute Gasteiger partial charge is 0.258 e. The zero-order chi connectivity index (χ0) is 21.4. The fourth-order valence-electron chi connectivity index (χ4n) is 2.69. The van der Waals surface area contributed by atoms with E-state index < -0.39 is 0 Å². The van der Waals surface area contributed by atoms with Crippen LogP contribution in [-0.2, 0) is 17.8 Å². The first-order valence-corrected chi connectivity index (χ1v) is 10.2. The van der Waals surface area contributed by atoms with E-state index in [4.69, 9.17) is 9.47 Å². The maximum atomic E-state index is 13.0. The van der Waals surface area contributed by atoms with Crippen LogP contribution in [0.1, 0.15) is 31.9 Å². The van der Waals surface area contributed by atoms with Crippen molar-refractivity contribution in [3.05, 3.63) is 57.8 Å². The van der Waals surface area contributed by atoms with Crippen LogP contribution in [0.2, 0.25) is 0 Å². The van der Waals surface area contributed by atoms with Crippen molar-refractivity contribution >= 4 is 21.8 Å². The van der Waals surface area contributed by atoms with Crippen LogP contribution in [0.3, 0.4) is 0 Å². The van der Waals surface area contributed by atoms with Gasteiger partial charge in [-0.25, -0.2) is 4.39 Å². The lowest BCUT2D eigenvalue weighted by atomic mass is 10.1. The normalized spacial score (nSPS) is 11.2. The zero-order valence-corrected chi connectivity index (χ0v) is 18.9. The first kappa shape index (κ1) is 23.2. The summed E-state index contributed by atoms with van der Waals surface area (Å²) in [5.74, 6) is 0.642. The fraction of sp³-hybridized carbons (Fsp3) is 0.409. The van der Waals surface area contributed by atoms with Gasteiger partial charge in [0.1, 0.15) is 5.82 Å². The molecule has 5 nitrogen and oxygen atoms in total. The maximum absolute atomic E-state index is 13.0. The largest absolute Gasteiger partial charge is 0.493 e. The van der Waals surface area contributed by atoms with E-state index in [-0.39, 0.29) is 23.9 Å². The predicted octanol–water partition coefficient (Wildman–Crippen LogP) is 4.22. The second-order valence-electron chi connectivity index (χ2n) is 7.73. The Morgan fingerprint density at radius 1 is 1.14 bits per heavy atom. The molecule has 2 aromatic rings. The topological polar surface area (TPSA) is 59.6 Å². The molecule has 0 bridgehead atoms. The summed E-state index contributed by atoms with van der Waals surface area (Å²) < 4.78 is 24.9. The molecule has 29 heavy (non-hydrogen) atoms. The van der Waals surface area contributed by atoms with Crippen LogP contribution in [0.4, 0.5) is 4.39 Å². The first-order chi connectivity index (χ1) is 13.7. The lowest BCUT2D eigenvalue weighted by Crippen LogP contribution is -2.43. The number of methoxy groups -OCH3 is 1. The van der Waals surface area contributed by atoms with Crippen LogP contribution < -0.4 is 20.1 Å². The zero-order valence-electron chi connectivity index (χ0n) is 17.3. The summed E-state index contributed by atoms with van der Waals surface area (Å²) in [6, 6.07) is 10.2. The van der Waals surface area contributed by atoms with Crippen LogP contribution in [-0.4, -0.2) is 31.7 Å². The molecule has 0 saturated heterocycles. The van der Waals surface area contributed by atoms with Gasteiger partial charge in [-0.3, -0.25) is 4.79 Å². The van der Waals surface area contributed by atoms with Gasteiger partial charge >= 0.3 is 0 Å². The summed E-state index contributed by atoms with van der Waals surface area (Å²) in [5, 5.41) is 6.22. The molecule has 2 rings (SSSR count). The molecule has 0 heterocycles. The molecule has 7 heteroatoms. The van der Waals surface area contributed by atoms with E-state index in [9.17, 15) is 9.18 Å². The molecule has 0 aliphatic rings. The molecule has 0 spiro atoms. The van der Waals surface area contributed by atoms with Gasteiger partial charge in [0.15, 0.2) is 18.1 Å². The van der Waals surface area contributed by atoms with E-state index in [1.807, 2.05) is 26.8 Å². The average Bonchev–Trinajstić information content (AvgIpc) is 2.64. The van der Waals surface area contributed by atoms with E-state index in [1.54, 1.807) is 25.3 Å². The molecule has 2 aromatic carbocycles. The molecular weight excluding hydrogens is 439 g/mol. The van der Waals surface area contributed by atoms with Crippen molar-refractivity contribution in [1.29, 1.82) is 0 Å². The Bertz CT molecular complexity index is 820. The Labute approximate surface area is 180 Å². The molecule has 0 aliphatic carbocycles. The molecule has 1 amide bonds. The van der Waals surface area contributed by atoms with Gasteiger partial charge in [0, 0.05) is 16.6 Å². The van der Waals surface area contributed by atoms with E-state index in [0.29, 0.717) is 18.0 Å². The van der Waals surface area contributed by atoms with Gasteiger partial charge in [-0.15, -0.1) is 0 Å². The van der Waals surface area contributed by atoms with Crippen molar-refractivity contribution in [2.45, 2.75) is 39.3 Å². The minimum absolute atomic E-state index is 0.0880. The van der Waals surface area contributed by atoms with E-state index in [2.05, 4.69) is 26.6 Å². The van der Waals surface area contributed by atoms with Crippen LogP contribution >= 0.6 is 15.9 Å². The quantitative estimate of drug-likeness (QED) is 0.543. The summed E-state index contributed by atoms with van der Waals surface area (Å²) in [6.07, 6.45) is 0.805. The van der Waals surface area contributed by atoms with Crippen molar-refractivity contribution in [3.8, 4) is 11.5 Å². The second-order valence-corrected chi connectivity index (χ2v) is 8.59. The molecule has 158 valence electrons. The fourth-order valence-corrected chi connectivity index (χ4v) is 3.15. The highest BCUT2D eigenvalue weighted by molar-refractivity contribution is 9.10. The lowest BCUT2D eigenvalue weighted by molar-refractivity contribution is -0.124. The number of ether oxygens (including phenoxy) is 2. The number of carbonyl (C=O) groups excluding carboxylic acids is 1. The third-order valence-corrected chi connectivity index (χ3v) is 4.76. The predicted molar refractivity (Wildman–Crippen MR) is 116 cm³/mol. The summed E-state index contributed by atoms with van der Waals surface area (Å²) in [6.45, 7) is 7.05. The molecule has 0 radical (unpaired) electrons. The molecule has 2 N–H and O–H groups in total. The van der Waals surface area contributed by atoms with Crippen molar-refractivity contribution in [3.63, 3.8) is 0 Å².